The quantitative estimate of drug-likeness (QED) is 0.484. The average molecular weight is 300 g/mol. The minimum absolute atomic E-state index is 0.641. The van der Waals surface area contributed by atoms with Gasteiger partial charge in [0.25, 0.3) is 0 Å². The van der Waals surface area contributed by atoms with Crippen LogP contribution in [0.15, 0.2) is 70.5 Å². The van der Waals surface area contributed by atoms with Gasteiger partial charge in [0.15, 0.2) is 0 Å². The standard InChI is InChI=1S/C18H20S2/c1-3-11-16(12-4-1)19-18(15-9-7-8-10-15)20-17-13-5-2-6-14-17/h1-6,11-15,18H,7-10H2. The third kappa shape index (κ3) is 3.83. The zero-order chi connectivity index (χ0) is 13.6. The van der Waals surface area contributed by atoms with Gasteiger partial charge in [-0.2, -0.15) is 0 Å². The third-order valence-electron chi connectivity index (χ3n) is 3.78. The molecule has 1 aliphatic rings. The van der Waals surface area contributed by atoms with E-state index < -0.39 is 0 Å². The van der Waals surface area contributed by atoms with Crippen LogP contribution >= 0.6 is 23.5 Å². The fraction of sp³-hybridized carbons (Fsp3) is 0.333. The van der Waals surface area contributed by atoms with E-state index in [4.69, 9.17) is 0 Å². The second-order valence-electron chi connectivity index (χ2n) is 5.27. The smallest absolute Gasteiger partial charge is 0.0624 e. The Kier molecular flexibility index (Phi) is 5.10. The molecule has 1 fully saturated rings. The Hall–Kier alpha value is -0.860. The topological polar surface area (TPSA) is 0 Å². The minimum Gasteiger partial charge on any atom is -0.111 e. The molecule has 3 rings (SSSR count). The highest BCUT2D eigenvalue weighted by Crippen LogP contribution is 2.45. The van der Waals surface area contributed by atoms with Gasteiger partial charge in [0.05, 0.1) is 4.58 Å². The van der Waals surface area contributed by atoms with Crippen LogP contribution in [0, 0.1) is 5.92 Å². The Bertz CT molecular complexity index is 462. The Morgan fingerprint density at radius 2 is 1.15 bits per heavy atom. The van der Waals surface area contributed by atoms with Gasteiger partial charge in [-0.3, -0.25) is 0 Å². The van der Waals surface area contributed by atoms with Gasteiger partial charge in [-0.25, -0.2) is 0 Å². The monoisotopic (exact) mass is 300 g/mol. The number of thioether (sulfide) groups is 2. The Morgan fingerprint density at radius 1 is 0.700 bits per heavy atom. The van der Waals surface area contributed by atoms with Crippen molar-refractivity contribution in [3.63, 3.8) is 0 Å². The lowest BCUT2D eigenvalue weighted by Gasteiger charge is -2.22. The first-order valence-corrected chi connectivity index (χ1v) is 9.11. The van der Waals surface area contributed by atoms with E-state index in [9.17, 15) is 0 Å². The van der Waals surface area contributed by atoms with Gasteiger partial charge >= 0.3 is 0 Å². The summed E-state index contributed by atoms with van der Waals surface area (Å²) in [6, 6.07) is 21.7. The first kappa shape index (κ1) is 14.1. The Labute approximate surface area is 130 Å². The number of hydrogen-bond acceptors (Lipinski definition) is 2. The second-order valence-corrected chi connectivity index (χ2v) is 8.00. The molecule has 2 aromatic rings. The fourth-order valence-electron chi connectivity index (χ4n) is 2.71. The van der Waals surface area contributed by atoms with Gasteiger partial charge in [-0.05, 0) is 43.0 Å². The van der Waals surface area contributed by atoms with E-state index in [1.165, 1.54) is 35.5 Å². The second kappa shape index (κ2) is 7.24. The maximum Gasteiger partial charge on any atom is 0.0624 e. The van der Waals surface area contributed by atoms with Crippen LogP contribution in [0.5, 0.6) is 0 Å². The molecule has 1 aliphatic carbocycles. The summed E-state index contributed by atoms with van der Waals surface area (Å²) in [7, 11) is 0. The molecule has 0 spiro atoms. The van der Waals surface area contributed by atoms with Crippen molar-refractivity contribution in [2.45, 2.75) is 40.1 Å². The molecule has 0 heterocycles. The Morgan fingerprint density at radius 3 is 1.60 bits per heavy atom. The van der Waals surface area contributed by atoms with E-state index in [0.29, 0.717) is 4.58 Å². The van der Waals surface area contributed by atoms with Crippen molar-refractivity contribution in [1.82, 2.24) is 0 Å². The summed E-state index contributed by atoms with van der Waals surface area (Å²) in [5.74, 6) is 0.852. The van der Waals surface area contributed by atoms with Crippen molar-refractivity contribution < 1.29 is 0 Å². The van der Waals surface area contributed by atoms with Crippen molar-refractivity contribution in [3.05, 3.63) is 60.7 Å². The first-order valence-electron chi connectivity index (χ1n) is 7.35. The minimum atomic E-state index is 0.641. The molecule has 0 saturated heterocycles. The maximum absolute atomic E-state index is 2.23. The maximum atomic E-state index is 2.23. The normalized spacial score (nSPS) is 15.8. The predicted octanol–water partition coefficient (Wildman–Crippen LogP) is 6.09. The molecule has 0 unspecified atom stereocenters. The highest BCUT2D eigenvalue weighted by Gasteiger charge is 2.26. The molecule has 1 saturated carbocycles. The molecule has 2 aromatic carbocycles. The SMILES string of the molecule is c1ccc(SC(Sc2ccccc2)C2CCCC2)cc1. The fourth-order valence-corrected chi connectivity index (χ4v) is 5.67. The van der Waals surface area contributed by atoms with Crippen LogP contribution in [-0.2, 0) is 0 Å². The van der Waals surface area contributed by atoms with Gasteiger partial charge < -0.3 is 0 Å². The molecule has 0 aromatic heterocycles. The van der Waals surface area contributed by atoms with Crippen LogP contribution in [0.4, 0.5) is 0 Å². The molecule has 104 valence electrons. The van der Waals surface area contributed by atoms with Gasteiger partial charge in [-0.15, -0.1) is 23.5 Å². The predicted molar refractivity (Wildman–Crippen MR) is 90.3 cm³/mol. The van der Waals surface area contributed by atoms with E-state index in [0.717, 1.165) is 5.92 Å². The highest BCUT2D eigenvalue weighted by atomic mass is 32.2. The summed E-state index contributed by atoms with van der Waals surface area (Å²) in [4.78, 5) is 2.79. The van der Waals surface area contributed by atoms with Crippen LogP contribution in [0.2, 0.25) is 0 Å². The molecule has 0 amide bonds. The van der Waals surface area contributed by atoms with Crippen molar-refractivity contribution in [2.24, 2.45) is 5.92 Å². The summed E-state index contributed by atoms with van der Waals surface area (Å²) >= 11 is 4.09. The van der Waals surface area contributed by atoms with Crippen molar-refractivity contribution >= 4 is 23.5 Å². The van der Waals surface area contributed by atoms with Crippen LogP contribution in [-0.4, -0.2) is 4.58 Å². The molecular weight excluding hydrogens is 280 g/mol. The van der Waals surface area contributed by atoms with Crippen LogP contribution in [0.3, 0.4) is 0 Å². The van der Waals surface area contributed by atoms with Crippen molar-refractivity contribution in [1.29, 1.82) is 0 Å². The molecule has 0 aliphatic heterocycles. The summed E-state index contributed by atoms with van der Waals surface area (Å²) in [5, 5.41) is 0. The zero-order valence-electron chi connectivity index (χ0n) is 11.6. The highest BCUT2D eigenvalue weighted by molar-refractivity contribution is 8.17. The molecule has 0 nitrogen and oxygen atoms in total. The lowest BCUT2D eigenvalue weighted by atomic mass is 10.1. The van der Waals surface area contributed by atoms with Crippen molar-refractivity contribution in [3.8, 4) is 0 Å². The third-order valence-corrected chi connectivity index (χ3v) is 6.68. The molecular formula is C18H20S2. The van der Waals surface area contributed by atoms with Crippen LogP contribution < -0.4 is 0 Å². The molecule has 0 N–H and O–H groups in total. The van der Waals surface area contributed by atoms with E-state index in [1.807, 2.05) is 23.5 Å². The summed E-state index contributed by atoms with van der Waals surface area (Å²) < 4.78 is 0.641. The van der Waals surface area contributed by atoms with Crippen LogP contribution in [0.25, 0.3) is 0 Å². The summed E-state index contributed by atoms with van der Waals surface area (Å²) in [6.07, 6.45) is 5.60. The van der Waals surface area contributed by atoms with Crippen molar-refractivity contribution in [2.75, 3.05) is 0 Å². The Balaban J connectivity index is 1.73. The zero-order valence-corrected chi connectivity index (χ0v) is 13.2. The molecule has 0 atom stereocenters. The first-order chi connectivity index (χ1) is 9.92. The van der Waals surface area contributed by atoms with E-state index >= 15 is 0 Å². The number of hydrogen-bond donors (Lipinski definition) is 0. The molecule has 20 heavy (non-hydrogen) atoms. The summed E-state index contributed by atoms with van der Waals surface area (Å²) in [6.45, 7) is 0. The largest absolute Gasteiger partial charge is 0.111 e. The van der Waals surface area contributed by atoms with Gasteiger partial charge in [0, 0.05) is 9.79 Å². The van der Waals surface area contributed by atoms with Gasteiger partial charge in [0.2, 0.25) is 0 Å². The van der Waals surface area contributed by atoms with E-state index in [-0.39, 0.29) is 0 Å². The summed E-state index contributed by atoms with van der Waals surface area (Å²) in [5.41, 5.74) is 0. The van der Waals surface area contributed by atoms with Gasteiger partial charge in [0.1, 0.15) is 0 Å². The van der Waals surface area contributed by atoms with E-state index in [2.05, 4.69) is 60.7 Å². The number of rotatable bonds is 5. The van der Waals surface area contributed by atoms with Crippen LogP contribution in [0.1, 0.15) is 25.7 Å². The van der Waals surface area contributed by atoms with E-state index in [1.54, 1.807) is 0 Å². The lowest BCUT2D eigenvalue weighted by Crippen LogP contribution is -2.10. The molecule has 0 radical (unpaired) electrons. The molecule has 2 heteroatoms. The van der Waals surface area contributed by atoms with Gasteiger partial charge in [-0.1, -0.05) is 49.2 Å². The number of benzene rings is 2. The average Bonchev–Trinajstić information content (AvgIpc) is 3.03. The lowest BCUT2D eigenvalue weighted by molar-refractivity contribution is 0.600. The molecule has 0 bridgehead atoms.